The summed E-state index contributed by atoms with van der Waals surface area (Å²) < 4.78 is 8.06. The Hall–Kier alpha value is -2.06. The molecule has 0 fully saturated rings. The van der Waals surface area contributed by atoms with Crippen LogP contribution < -0.4 is 0 Å². The predicted molar refractivity (Wildman–Crippen MR) is 92.3 cm³/mol. The minimum absolute atomic E-state index is 0.770. The molecule has 0 saturated heterocycles. The molecule has 114 valence electrons. The highest BCUT2D eigenvalue weighted by molar-refractivity contribution is 5.83. The summed E-state index contributed by atoms with van der Waals surface area (Å²) in [5, 5.41) is 1.34. The molecule has 0 aliphatic heterocycles. The molecule has 2 nitrogen and oxygen atoms in total. The number of hydrogen-bond donors (Lipinski definition) is 0. The van der Waals surface area contributed by atoms with Gasteiger partial charge in [0, 0.05) is 30.3 Å². The Bertz CT molecular complexity index is 715. The fourth-order valence-electron chi connectivity index (χ4n) is 2.86. The lowest BCUT2D eigenvalue weighted by Gasteiger charge is -2.07. The van der Waals surface area contributed by atoms with E-state index in [1.165, 1.54) is 22.0 Å². The van der Waals surface area contributed by atoms with Gasteiger partial charge in [0.2, 0.25) is 0 Å². The molecule has 2 heteroatoms. The fourth-order valence-corrected chi connectivity index (χ4v) is 2.86. The maximum atomic E-state index is 5.79. The van der Waals surface area contributed by atoms with Gasteiger partial charge in [0.05, 0.1) is 6.61 Å². The van der Waals surface area contributed by atoms with Gasteiger partial charge in [-0.3, -0.25) is 0 Å². The highest BCUT2D eigenvalue weighted by Crippen LogP contribution is 2.19. The first-order valence-corrected chi connectivity index (χ1v) is 8.01. The molecule has 0 saturated carbocycles. The third-order valence-electron chi connectivity index (χ3n) is 4.11. The largest absolute Gasteiger partial charge is 0.380 e. The van der Waals surface area contributed by atoms with Gasteiger partial charge < -0.3 is 9.30 Å². The Labute approximate surface area is 132 Å². The minimum atomic E-state index is 0.770. The molecule has 0 unspecified atom stereocenters. The number of ether oxygens (including phenoxy) is 1. The molecule has 0 aliphatic carbocycles. The summed E-state index contributed by atoms with van der Waals surface area (Å²) in [5.41, 5.74) is 4.02. The summed E-state index contributed by atoms with van der Waals surface area (Å²) in [6, 6.07) is 19.2. The van der Waals surface area contributed by atoms with Crippen LogP contribution in [0.2, 0.25) is 0 Å². The van der Waals surface area contributed by atoms with Gasteiger partial charge in [0.15, 0.2) is 0 Å². The van der Waals surface area contributed by atoms with Crippen LogP contribution in [0.5, 0.6) is 0 Å². The molecule has 0 radical (unpaired) electrons. The lowest BCUT2D eigenvalue weighted by molar-refractivity contribution is 0.125. The van der Waals surface area contributed by atoms with Gasteiger partial charge >= 0.3 is 0 Å². The van der Waals surface area contributed by atoms with E-state index in [-0.39, 0.29) is 0 Å². The Morgan fingerprint density at radius 2 is 1.77 bits per heavy atom. The van der Waals surface area contributed by atoms with Crippen LogP contribution in [0, 0.1) is 6.92 Å². The summed E-state index contributed by atoms with van der Waals surface area (Å²) in [4.78, 5) is 0. The van der Waals surface area contributed by atoms with Crippen molar-refractivity contribution in [3.05, 3.63) is 71.9 Å². The molecule has 0 spiro atoms. The summed E-state index contributed by atoms with van der Waals surface area (Å²) in [6.07, 6.45) is 4.33. The first-order valence-electron chi connectivity index (χ1n) is 8.01. The fraction of sp³-hybridized carbons (Fsp3) is 0.300. The van der Waals surface area contributed by atoms with Crippen molar-refractivity contribution in [1.82, 2.24) is 4.57 Å². The van der Waals surface area contributed by atoms with Crippen molar-refractivity contribution in [3.8, 4) is 0 Å². The minimum Gasteiger partial charge on any atom is -0.380 e. The van der Waals surface area contributed by atoms with Crippen LogP contribution in [0.25, 0.3) is 10.9 Å². The van der Waals surface area contributed by atoms with Crippen LogP contribution in [0.3, 0.4) is 0 Å². The number of aryl methyl sites for hydroxylation is 2. The first kappa shape index (κ1) is 14.9. The zero-order chi connectivity index (χ0) is 15.2. The molecule has 3 rings (SSSR count). The molecule has 0 atom stereocenters. The monoisotopic (exact) mass is 293 g/mol. The van der Waals surface area contributed by atoms with Gasteiger partial charge in [0.1, 0.15) is 0 Å². The third kappa shape index (κ3) is 3.58. The number of nitrogens with zero attached hydrogens (tertiary/aromatic N) is 1. The molecule has 1 heterocycles. The number of rotatable bonds is 7. The molecule has 22 heavy (non-hydrogen) atoms. The highest BCUT2D eigenvalue weighted by atomic mass is 16.5. The molecular weight excluding hydrogens is 270 g/mol. The lowest BCUT2D eigenvalue weighted by atomic mass is 10.1. The Morgan fingerprint density at radius 3 is 2.64 bits per heavy atom. The maximum Gasteiger partial charge on any atom is 0.0645 e. The normalized spacial score (nSPS) is 11.1. The van der Waals surface area contributed by atoms with Crippen molar-refractivity contribution in [2.24, 2.45) is 0 Å². The standard InChI is InChI=1S/C20H23NO/c1-17-7-5-11-20-19(17)12-13-21(20)14-16-22-15-6-10-18-8-3-2-4-9-18/h2-5,7-9,11-13H,6,10,14-16H2,1H3. The zero-order valence-corrected chi connectivity index (χ0v) is 13.2. The lowest BCUT2D eigenvalue weighted by Crippen LogP contribution is -2.06. The van der Waals surface area contributed by atoms with Crippen LogP contribution in [-0.2, 0) is 17.7 Å². The van der Waals surface area contributed by atoms with Crippen LogP contribution in [-0.4, -0.2) is 17.8 Å². The average molecular weight is 293 g/mol. The van der Waals surface area contributed by atoms with Gasteiger partial charge in [-0.25, -0.2) is 0 Å². The summed E-state index contributed by atoms with van der Waals surface area (Å²) >= 11 is 0. The van der Waals surface area contributed by atoms with Crippen molar-refractivity contribution < 1.29 is 4.74 Å². The van der Waals surface area contributed by atoms with Crippen molar-refractivity contribution in [2.45, 2.75) is 26.3 Å². The Morgan fingerprint density at radius 1 is 0.909 bits per heavy atom. The number of benzene rings is 2. The maximum absolute atomic E-state index is 5.79. The summed E-state index contributed by atoms with van der Waals surface area (Å²) in [7, 11) is 0. The third-order valence-corrected chi connectivity index (χ3v) is 4.11. The summed E-state index contributed by atoms with van der Waals surface area (Å²) in [6.45, 7) is 4.67. The van der Waals surface area contributed by atoms with Crippen LogP contribution in [0.4, 0.5) is 0 Å². The molecule has 0 amide bonds. The average Bonchev–Trinajstić information content (AvgIpc) is 2.96. The van der Waals surface area contributed by atoms with E-state index < -0.39 is 0 Å². The highest BCUT2D eigenvalue weighted by Gasteiger charge is 2.02. The van der Waals surface area contributed by atoms with E-state index in [0.29, 0.717) is 0 Å². The quantitative estimate of drug-likeness (QED) is 0.581. The van der Waals surface area contributed by atoms with Crippen molar-refractivity contribution in [2.75, 3.05) is 13.2 Å². The second kappa shape index (κ2) is 7.28. The Balaban J connectivity index is 1.42. The molecule has 2 aromatic carbocycles. The molecule has 3 aromatic rings. The van der Waals surface area contributed by atoms with Gasteiger partial charge in [-0.2, -0.15) is 0 Å². The number of fused-ring (bicyclic) bond motifs is 1. The van der Waals surface area contributed by atoms with E-state index in [0.717, 1.165) is 32.6 Å². The molecule has 0 N–H and O–H groups in total. The van der Waals surface area contributed by atoms with Crippen LogP contribution in [0.1, 0.15) is 17.5 Å². The molecular formula is C20H23NO. The van der Waals surface area contributed by atoms with Crippen LogP contribution in [0.15, 0.2) is 60.8 Å². The van der Waals surface area contributed by atoms with Crippen LogP contribution >= 0.6 is 0 Å². The molecule has 1 aromatic heterocycles. The SMILES string of the molecule is Cc1cccc2c1ccn2CCOCCCc1ccccc1. The van der Waals surface area contributed by atoms with Gasteiger partial charge in [-0.1, -0.05) is 42.5 Å². The van der Waals surface area contributed by atoms with E-state index in [1.54, 1.807) is 0 Å². The van der Waals surface area contributed by atoms with Gasteiger partial charge in [-0.05, 0) is 43.0 Å². The van der Waals surface area contributed by atoms with Gasteiger partial charge in [0.25, 0.3) is 0 Å². The molecule has 0 bridgehead atoms. The van der Waals surface area contributed by atoms with E-state index in [9.17, 15) is 0 Å². The Kier molecular flexibility index (Phi) is 4.92. The van der Waals surface area contributed by atoms with E-state index in [2.05, 4.69) is 72.3 Å². The number of aromatic nitrogens is 1. The van der Waals surface area contributed by atoms with Crippen molar-refractivity contribution in [3.63, 3.8) is 0 Å². The van der Waals surface area contributed by atoms with E-state index >= 15 is 0 Å². The van der Waals surface area contributed by atoms with Gasteiger partial charge in [-0.15, -0.1) is 0 Å². The zero-order valence-electron chi connectivity index (χ0n) is 13.2. The van der Waals surface area contributed by atoms with Crippen molar-refractivity contribution >= 4 is 10.9 Å². The van der Waals surface area contributed by atoms with E-state index in [4.69, 9.17) is 4.74 Å². The second-order valence-corrected chi connectivity index (χ2v) is 5.72. The summed E-state index contributed by atoms with van der Waals surface area (Å²) in [5.74, 6) is 0. The second-order valence-electron chi connectivity index (χ2n) is 5.72. The topological polar surface area (TPSA) is 14.2 Å². The first-order chi connectivity index (χ1) is 10.8. The number of hydrogen-bond acceptors (Lipinski definition) is 1. The molecule has 0 aliphatic rings. The van der Waals surface area contributed by atoms with E-state index in [1.807, 2.05) is 0 Å². The smallest absolute Gasteiger partial charge is 0.0645 e. The van der Waals surface area contributed by atoms with Crippen molar-refractivity contribution in [1.29, 1.82) is 0 Å². The predicted octanol–water partition coefficient (Wildman–Crippen LogP) is 4.60.